The van der Waals surface area contributed by atoms with Crippen LogP contribution in [0.3, 0.4) is 0 Å². The van der Waals surface area contributed by atoms with E-state index in [2.05, 4.69) is 36.2 Å². The normalized spacial score (nSPS) is 12.3. The number of aromatic amines is 1. The van der Waals surface area contributed by atoms with Crippen LogP contribution >= 0.6 is 0 Å². The van der Waals surface area contributed by atoms with E-state index in [1.807, 2.05) is 36.4 Å². The molecule has 0 saturated heterocycles. The van der Waals surface area contributed by atoms with Crippen LogP contribution in [0.1, 0.15) is 41.4 Å². The fourth-order valence-electron chi connectivity index (χ4n) is 3.21. The molecule has 1 amide bonds. The molecule has 2 heterocycles. The first-order valence-electron chi connectivity index (χ1n) is 8.73. The predicted molar refractivity (Wildman–Crippen MR) is 102 cm³/mol. The van der Waals surface area contributed by atoms with Gasteiger partial charge in [-0.2, -0.15) is 5.10 Å². The number of para-hydroxylation sites is 1. The Bertz CT molecular complexity index is 958. The monoisotopic (exact) mass is 347 g/mol. The van der Waals surface area contributed by atoms with Gasteiger partial charge in [-0.1, -0.05) is 38.1 Å². The van der Waals surface area contributed by atoms with Crippen molar-refractivity contribution in [2.75, 3.05) is 11.9 Å². The second kappa shape index (κ2) is 6.33. The van der Waals surface area contributed by atoms with Crippen LogP contribution in [-0.4, -0.2) is 23.2 Å². The maximum Gasteiger partial charge on any atom is 0.276 e. The Morgan fingerprint density at radius 1 is 1.15 bits per heavy atom. The minimum atomic E-state index is -0.126. The molecule has 26 heavy (non-hydrogen) atoms. The highest BCUT2D eigenvalue weighted by atomic mass is 16.5. The smallest absolute Gasteiger partial charge is 0.276 e. The molecule has 1 aromatic heterocycles. The number of aromatic nitrogens is 2. The lowest BCUT2D eigenvalue weighted by atomic mass is 10.0. The van der Waals surface area contributed by atoms with Crippen molar-refractivity contribution in [3.8, 4) is 17.0 Å². The number of rotatable bonds is 3. The van der Waals surface area contributed by atoms with Gasteiger partial charge in [-0.05, 0) is 35.7 Å². The standard InChI is InChI=1S/C21H21N3O2/c1-13(2)14-8-10-15(11-9-14)24(3)21(25)20-17-12-26-18-7-5-4-6-16(18)19(17)22-23-20/h4-11,13H,12H2,1-3H3,(H,22,23). The molecule has 0 radical (unpaired) electrons. The van der Waals surface area contributed by atoms with Crippen molar-refractivity contribution in [3.63, 3.8) is 0 Å². The Kier molecular flexibility index (Phi) is 3.99. The molecule has 0 bridgehead atoms. The van der Waals surface area contributed by atoms with E-state index >= 15 is 0 Å². The van der Waals surface area contributed by atoms with Crippen LogP contribution < -0.4 is 9.64 Å². The minimum Gasteiger partial charge on any atom is -0.488 e. The molecule has 0 saturated carbocycles. The van der Waals surface area contributed by atoms with Gasteiger partial charge in [0.2, 0.25) is 0 Å². The fraction of sp³-hybridized carbons (Fsp3) is 0.238. The lowest BCUT2D eigenvalue weighted by Gasteiger charge is -2.20. The molecule has 1 aliphatic rings. The van der Waals surface area contributed by atoms with Crippen molar-refractivity contribution in [2.45, 2.75) is 26.4 Å². The van der Waals surface area contributed by atoms with Gasteiger partial charge < -0.3 is 9.64 Å². The maximum atomic E-state index is 13.0. The van der Waals surface area contributed by atoms with E-state index in [9.17, 15) is 4.79 Å². The molecule has 0 aliphatic carbocycles. The summed E-state index contributed by atoms with van der Waals surface area (Å²) in [4.78, 5) is 14.6. The van der Waals surface area contributed by atoms with Gasteiger partial charge in [0.25, 0.3) is 5.91 Å². The SMILES string of the molecule is CC(C)c1ccc(N(C)C(=O)c2[nH]nc3c2COc2ccccc2-3)cc1. The Morgan fingerprint density at radius 3 is 2.62 bits per heavy atom. The van der Waals surface area contributed by atoms with Gasteiger partial charge in [0.1, 0.15) is 23.7 Å². The summed E-state index contributed by atoms with van der Waals surface area (Å²) in [5, 5.41) is 7.30. The van der Waals surface area contributed by atoms with E-state index in [0.29, 0.717) is 18.2 Å². The predicted octanol–water partition coefficient (Wildman–Crippen LogP) is 4.37. The molecule has 1 N–H and O–H groups in total. The molecule has 3 aromatic rings. The summed E-state index contributed by atoms with van der Waals surface area (Å²) in [7, 11) is 1.78. The largest absolute Gasteiger partial charge is 0.488 e. The van der Waals surface area contributed by atoms with Crippen LogP contribution in [0.4, 0.5) is 5.69 Å². The first kappa shape index (κ1) is 16.4. The number of hydrogen-bond acceptors (Lipinski definition) is 3. The highest BCUT2D eigenvalue weighted by Gasteiger charge is 2.28. The van der Waals surface area contributed by atoms with Crippen molar-refractivity contribution in [1.82, 2.24) is 10.2 Å². The number of nitrogens with one attached hydrogen (secondary N) is 1. The van der Waals surface area contributed by atoms with Crippen molar-refractivity contribution < 1.29 is 9.53 Å². The van der Waals surface area contributed by atoms with Gasteiger partial charge in [-0.3, -0.25) is 9.89 Å². The number of H-pyrrole nitrogens is 1. The number of nitrogens with zero attached hydrogens (tertiary/aromatic N) is 2. The van der Waals surface area contributed by atoms with Gasteiger partial charge >= 0.3 is 0 Å². The average molecular weight is 347 g/mol. The second-order valence-electron chi connectivity index (χ2n) is 6.82. The Hall–Kier alpha value is -3.08. The van der Waals surface area contributed by atoms with E-state index in [0.717, 1.165) is 28.3 Å². The van der Waals surface area contributed by atoms with Gasteiger partial charge in [-0.15, -0.1) is 0 Å². The number of benzene rings is 2. The Morgan fingerprint density at radius 2 is 1.88 bits per heavy atom. The third-order valence-corrected chi connectivity index (χ3v) is 4.85. The number of hydrogen-bond donors (Lipinski definition) is 1. The van der Waals surface area contributed by atoms with Gasteiger partial charge in [-0.25, -0.2) is 0 Å². The van der Waals surface area contributed by atoms with E-state index in [4.69, 9.17) is 4.74 Å². The van der Waals surface area contributed by atoms with Crippen LogP contribution in [0, 0.1) is 0 Å². The number of anilines is 1. The first-order valence-corrected chi connectivity index (χ1v) is 8.73. The summed E-state index contributed by atoms with van der Waals surface area (Å²) in [5.41, 5.74) is 5.08. The summed E-state index contributed by atoms with van der Waals surface area (Å²) >= 11 is 0. The summed E-state index contributed by atoms with van der Waals surface area (Å²) in [6, 6.07) is 15.8. The van der Waals surface area contributed by atoms with Gasteiger partial charge in [0, 0.05) is 23.9 Å². The molecular weight excluding hydrogens is 326 g/mol. The van der Waals surface area contributed by atoms with E-state index in [-0.39, 0.29) is 5.91 Å². The molecule has 0 spiro atoms. The number of fused-ring (bicyclic) bond motifs is 3. The molecular formula is C21H21N3O2. The minimum absolute atomic E-state index is 0.126. The van der Waals surface area contributed by atoms with Crippen LogP contribution in [0.2, 0.25) is 0 Å². The summed E-state index contributed by atoms with van der Waals surface area (Å²) in [5.74, 6) is 1.13. The van der Waals surface area contributed by atoms with Crippen LogP contribution in [0.25, 0.3) is 11.3 Å². The molecule has 132 valence electrons. The molecule has 4 rings (SSSR count). The molecule has 5 heteroatoms. The fourth-order valence-corrected chi connectivity index (χ4v) is 3.21. The first-order chi connectivity index (χ1) is 12.6. The highest BCUT2D eigenvalue weighted by molar-refractivity contribution is 6.06. The zero-order chi connectivity index (χ0) is 18.3. The summed E-state index contributed by atoms with van der Waals surface area (Å²) in [6.07, 6.45) is 0. The lowest BCUT2D eigenvalue weighted by molar-refractivity contribution is 0.0985. The van der Waals surface area contributed by atoms with Gasteiger partial charge in [0.15, 0.2) is 0 Å². The lowest BCUT2D eigenvalue weighted by Crippen LogP contribution is -2.28. The number of amides is 1. The Balaban J connectivity index is 1.65. The molecule has 0 fully saturated rings. The van der Waals surface area contributed by atoms with Gasteiger partial charge in [0.05, 0.1) is 0 Å². The molecule has 2 aromatic carbocycles. The molecule has 0 unspecified atom stereocenters. The summed E-state index contributed by atoms with van der Waals surface area (Å²) in [6.45, 7) is 4.64. The topological polar surface area (TPSA) is 58.2 Å². The second-order valence-corrected chi connectivity index (χ2v) is 6.82. The van der Waals surface area contributed by atoms with Crippen molar-refractivity contribution >= 4 is 11.6 Å². The van der Waals surface area contributed by atoms with Crippen LogP contribution in [-0.2, 0) is 6.61 Å². The third kappa shape index (κ3) is 2.65. The van der Waals surface area contributed by atoms with Crippen molar-refractivity contribution in [2.24, 2.45) is 0 Å². The zero-order valence-electron chi connectivity index (χ0n) is 15.1. The quantitative estimate of drug-likeness (QED) is 0.765. The molecule has 0 atom stereocenters. The van der Waals surface area contributed by atoms with Crippen molar-refractivity contribution in [1.29, 1.82) is 0 Å². The van der Waals surface area contributed by atoms with E-state index in [1.165, 1.54) is 5.56 Å². The Labute approximate surface area is 152 Å². The molecule has 5 nitrogen and oxygen atoms in total. The van der Waals surface area contributed by atoms with Crippen LogP contribution in [0.5, 0.6) is 5.75 Å². The highest BCUT2D eigenvalue weighted by Crippen LogP contribution is 2.37. The molecule has 1 aliphatic heterocycles. The summed E-state index contributed by atoms with van der Waals surface area (Å²) < 4.78 is 5.80. The number of carbonyl (C=O) groups excluding carboxylic acids is 1. The number of ether oxygens (including phenoxy) is 1. The van der Waals surface area contributed by atoms with E-state index in [1.54, 1.807) is 11.9 Å². The number of carbonyl (C=O) groups is 1. The third-order valence-electron chi connectivity index (χ3n) is 4.85. The van der Waals surface area contributed by atoms with Crippen molar-refractivity contribution in [3.05, 3.63) is 65.4 Å². The van der Waals surface area contributed by atoms with Crippen LogP contribution in [0.15, 0.2) is 48.5 Å². The zero-order valence-corrected chi connectivity index (χ0v) is 15.1. The maximum absolute atomic E-state index is 13.0. The average Bonchev–Trinajstić information content (AvgIpc) is 3.11. The van der Waals surface area contributed by atoms with E-state index < -0.39 is 0 Å².